The molecule has 0 saturated heterocycles. The van der Waals surface area contributed by atoms with Gasteiger partial charge in [-0.2, -0.15) is 0 Å². The second-order valence-electron chi connectivity index (χ2n) is 6.02. The molecule has 0 aliphatic heterocycles. The van der Waals surface area contributed by atoms with Crippen molar-refractivity contribution in [2.75, 3.05) is 5.32 Å². The molecule has 0 aromatic heterocycles. The SMILES string of the molecule is O=C(C[C@@H]1C=CCC1)Nc1cccc(C[S@@](=O)c2ccccc2)c1. The van der Waals surface area contributed by atoms with Gasteiger partial charge in [0.15, 0.2) is 0 Å². The number of anilines is 1. The van der Waals surface area contributed by atoms with Gasteiger partial charge in [0.25, 0.3) is 0 Å². The van der Waals surface area contributed by atoms with Crippen LogP contribution < -0.4 is 5.32 Å². The maximum atomic E-state index is 12.4. The van der Waals surface area contributed by atoms with Gasteiger partial charge in [0, 0.05) is 17.0 Å². The normalized spacial score (nSPS) is 17.6. The van der Waals surface area contributed by atoms with Crippen molar-refractivity contribution in [3.8, 4) is 0 Å². The van der Waals surface area contributed by atoms with E-state index in [9.17, 15) is 9.00 Å². The lowest BCUT2D eigenvalue weighted by Gasteiger charge is -2.10. The van der Waals surface area contributed by atoms with Crippen LogP contribution in [0.25, 0.3) is 0 Å². The van der Waals surface area contributed by atoms with Crippen LogP contribution >= 0.6 is 0 Å². The van der Waals surface area contributed by atoms with E-state index in [1.807, 2.05) is 54.6 Å². The Hall–Kier alpha value is -2.20. The molecule has 2 atom stereocenters. The first-order chi connectivity index (χ1) is 11.7. The van der Waals surface area contributed by atoms with E-state index in [0.717, 1.165) is 29.0 Å². The third-order valence-corrected chi connectivity index (χ3v) is 5.47. The number of carbonyl (C=O) groups excluding carboxylic acids is 1. The standard InChI is InChI=1S/C20H21NO2S/c22-20(14-16-7-4-5-8-16)21-18-10-6-9-17(13-18)15-24(23)19-11-2-1-3-12-19/h1-4,6-7,9-13,16H,5,8,14-15H2,(H,21,22)/t16-,24-/m1/s1. The molecule has 1 aliphatic carbocycles. The van der Waals surface area contributed by atoms with E-state index in [1.54, 1.807) is 0 Å². The van der Waals surface area contributed by atoms with Crippen molar-refractivity contribution >= 4 is 22.4 Å². The van der Waals surface area contributed by atoms with Gasteiger partial charge < -0.3 is 5.32 Å². The van der Waals surface area contributed by atoms with Crippen molar-refractivity contribution in [1.29, 1.82) is 0 Å². The molecule has 0 radical (unpaired) electrons. The van der Waals surface area contributed by atoms with Crippen LogP contribution in [0.1, 0.15) is 24.8 Å². The fraction of sp³-hybridized carbons (Fsp3) is 0.250. The van der Waals surface area contributed by atoms with Crippen molar-refractivity contribution < 1.29 is 9.00 Å². The molecule has 0 bridgehead atoms. The summed E-state index contributed by atoms with van der Waals surface area (Å²) in [6.07, 6.45) is 6.91. The second kappa shape index (κ2) is 8.06. The van der Waals surface area contributed by atoms with Crippen molar-refractivity contribution in [2.24, 2.45) is 5.92 Å². The molecule has 3 rings (SSSR count). The number of nitrogens with one attached hydrogen (secondary N) is 1. The number of rotatable bonds is 6. The molecule has 1 aliphatic rings. The maximum absolute atomic E-state index is 12.4. The Bertz CT molecular complexity index is 755. The van der Waals surface area contributed by atoms with Crippen molar-refractivity contribution in [3.05, 3.63) is 72.3 Å². The lowest BCUT2D eigenvalue weighted by molar-refractivity contribution is -0.116. The molecule has 0 saturated carbocycles. The van der Waals surface area contributed by atoms with Crippen LogP contribution in [-0.4, -0.2) is 10.1 Å². The Morgan fingerprint density at radius 1 is 1.12 bits per heavy atom. The van der Waals surface area contributed by atoms with E-state index in [1.165, 1.54) is 0 Å². The Morgan fingerprint density at radius 3 is 2.71 bits per heavy atom. The summed E-state index contributed by atoms with van der Waals surface area (Å²) in [6, 6.07) is 17.0. The lowest BCUT2D eigenvalue weighted by Crippen LogP contribution is -2.14. The number of carbonyl (C=O) groups is 1. The van der Waals surface area contributed by atoms with Crippen molar-refractivity contribution in [2.45, 2.75) is 29.9 Å². The van der Waals surface area contributed by atoms with Crippen molar-refractivity contribution in [1.82, 2.24) is 0 Å². The first-order valence-corrected chi connectivity index (χ1v) is 9.51. The van der Waals surface area contributed by atoms with Crippen LogP contribution in [0.5, 0.6) is 0 Å². The second-order valence-corrected chi connectivity index (χ2v) is 7.47. The van der Waals surface area contributed by atoms with Gasteiger partial charge in [-0.1, -0.05) is 42.5 Å². The van der Waals surface area contributed by atoms with E-state index < -0.39 is 10.8 Å². The number of benzene rings is 2. The molecule has 24 heavy (non-hydrogen) atoms. The number of hydrogen-bond donors (Lipinski definition) is 1. The molecule has 4 heteroatoms. The maximum Gasteiger partial charge on any atom is 0.224 e. The van der Waals surface area contributed by atoms with Crippen LogP contribution in [-0.2, 0) is 21.3 Å². The van der Waals surface area contributed by atoms with E-state index in [-0.39, 0.29) is 5.91 Å². The van der Waals surface area contributed by atoms with Crippen LogP contribution in [0.15, 0.2) is 71.6 Å². The summed E-state index contributed by atoms with van der Waals surface area (Å²) in [5.41, 5.74) is 1.72. The monoisotopic (exact) mass is 339 g/mol. The molecule has 124 valence electrons. The third kappa shape index (κ3) is 4.65. The van der Waals surface area contributed by atoms with Gasteiger partial charge in [-0.3, -0.25) is 9.00 Å². The van der Waals surface area contributed by atoms with Crippen LogP contribution in [0.3, 0.4) is 0 Å². The van der Waals surface area contributed by atoms with Gasteiger partial charge in [-0.05, 0) is 48.6 Å². The minimum absolute atomic E-state index is 0.0351. The molecule has 0 fully saturated rings. The van der Waals surface area contributed by atoms with Crippen LogP contribution in [0.4, 0.5) is 5.69 Å². The number of hydrogen-bond acceptors (Lipinski definition) is 2. The van der Waals surface area contributed by atoms with Gasteiger partial charge in [0.2, 0.25) is 5.91 Å². The minimum Gasteiger partial charge on any atom is -0.326 e. The highest BCUT2D eigenvalue weighted by Crippen LogP contribution is 2.21. The summed E-state index contributed by atoms with van der Waals surface area (Å²) in [4.78, 5) is 12.9. The largest absolute Gasteiger partial charge is 0.326 e. The van der Waals surface area contributed by atoms with Crippen molar-refractivity contribution in [3.63, 3.8) is 0 Å². The Morgan fingerprint density at radius 2 is 1.96 bits per heavy atom. The predicted molar refractivity (Wildman–Crippen MR) is 98.1 cm³/mol. The fourth-order valence-corrected chi connectivity index (χ4v) is 3.97. The minimum atomic E-state index is -1.08. The molecular formula is C20H21NO2S. The lowest BCUT2D eigenvalue weighted by atomic mass is 10.0. The Labute approximate surface area is 145 Å². The molecular weight excluding hydrogens is 318 g/mol. The summed E-state index contributed by atoms with van der Waals surface area (Å²) in [7, 11) is -1.08. The van der Waals surface area contributed by atoms with E-state index in [0.29, 0.717) is 18.1 Å². The first-order valence-electron chi connectivity index (χ1n) is 8.19. The fourth-order valence-electron chi connectivity index (χ4n) is 2.86. The third-order valence-electron chi connectivity index (χ3n) is 4.07. The number of amides is 1. The molecule has 3 nitrogen and oxygen atoms in total. The molecule has 2 aromatic rings. The zero-order chi connectivity index (χ0) is 16.8. The van der Waals surface area contributed by atoms with E-state index in [2.05, 4.69) is 17.5 Å². The molecule has 0 unspecified atom stereocenters. The Balaban J connectivity index is 1.60. The van der Waals surface area contributed by atoms with Gasteiger partial charge in [-0.25, -0.2) is 0 Å². The zero-order valence-electron chi connectivity index (χ0n) is 13.5. The quantitative estimate of drug-likeness (QED) is 0.798. The Kier molecular flexibility index (Phi) is 5.59. The van der Waals surface area contributed by atoms with Crippen LogP contribution in [0, 0.1) is 5.92 Å². The predicted octanol–water partition coefficient (Wildman–Crippen LogP) is 4.29. The average molecular weight is 339 g/mol. The van der Waals surface area contributed by atoms with Gasteiger partial charge in [0.1, 0.15) is 0 Å². The summed E-state index contributed by atoms with van der Waals surface area (Å²) in [6.45, 7) is 0. The zero-order valence-corrected chi connectivity index (χ0v) is 14.3. The topological polar surface area (TPSA) is 46.2 Å². The molecule has 0 heterocycles. The molecule has 1 N–H and O–H groups in total. The molecule has 1 amide bonds. The van der Waals surface area contributed by atoms with Crippen LogP contribution in [0.2, 0.25) is 0 Å². The summed E-state index contributed by atoms with van der Waals surface area (Å²) in [5.74, 6) is 0.839. The summed E-state index contributed by atoms with van der Waals surface area (Å²) < 4.78 is 12.4. The molecule has 2 aromatic carbocycles. The van der Waals surface area contributed by atoms with Gasteiger partial charge >= 0.3 is 0 Å². The van der Waals surface area contributed by atoms with E-state index in [4.69, 9.17) is 0 Å². The highest BCUT2D eigenvalue weighted by molar-refractivity contribution is 7.84. The smallest absolute Gasteiger partial charge is 0.224 e. The highest BCUT2D eigenvalue weighted by Gasteiger charge is 2.14. The van der Waals surface area contributed by atoms with Gasteiger partial charge in [0.05, 0.1) is 16.6 Å². The summed E-state index contributed by atoms with van der Waals surface area (Å²) >= 11 is 0. The summed E-state index contributed by atoms with van der Waals surface area (Å²) in [5, 5.41) is 2.95. The highest BCUT2D eigenvalue weighted by atomic mass is 32.2. The van der Waals surface area contributed by atoms with E-state index >= 15 is 0 Å². The first kappa shape index (κ1) is 16.7. The number of allylic oxidation sites excluding steroid dienone is 2. The molecule has 0 spiro atoms. The average Bonchev–Trinajstić information content (AvgIpc) is 3.08. The van der Waals surface area contributed by atoms with Gasteiger partial charge in [-0.15, -0.1) is 0 Å².